The number of nitrogens with zero attached hydrogens (tertiary/aromatic N) is 1. The smallest absolute Gasteiger partial charge is 0.416 e. The molecule has 1 aliphatic rings. The highest BCUT2D eigenvalue weighted by Crippen LogP contribution is 2.40. The van der Waals surface area contributed by atoms with Crippen LogP contribution in [-0.4, -0.2) is 32.1 Å². The Balaban J connectivity index is 1.76. The third-order valence-electron chi connectivity index (χ3n) is 5.83. The fourth-order valence-corrected chi connectivity index (χ4v) is 6.08. The van der Waals surface area contributed by atoms with Crippen molar-refractivity contribution in [3.05, 3.63) is 87.2 Å². The molecule has 0 aromatic heterocycles. The van der Waals surface area contributed by atoms with Crippen LogP contribution in [0.4, 0.5) is 23.2 Å². The zero-order valence-electron chi connectivity index (χ0n) is 19.8. The molecule has 13 heteroatoms. The fraction of sp³-hybridized carbons (Fsp3) is 0.192. The van der Waals surface area contributed by atoms with Crippen molar-refractivity contribution in [1.82, 2.24) is 0 Å². The minimum absolute atomic E-state index is 0.0351. The first kappa shape index (κ1) is 28.7. The van der Waals surface area contributed by atoms with Gasteiger partial charge >= 0.3 is 12.1 Å². The number of hydrogen-bond acceptors (Lipinski definition) is 4. The highest BCUT2D eigenvalue weighted by atomic mass is 35.5. The predicted octanol–water partition coefficient (Wildman–Crippen LogP) is 7.14. The maximum absolute atomic E-state index is 13.6. The third-order valence-corrected chi connectivity index (χ3v) is 8.23. The molecule has 1 aliphatic heterocycles. The van der Waals surface area contributed by atoms with Gasteiger partial charge in [0.25, 0.3) is 10.0 Å². The molecule has 4 rings (SSSR count). The number of rotatable bonds is 7. The first-order chi connectivity index (χ1) is 18.3. The number of halogens is 6. The van der Waals surface area contributed by atoms with Gasteiger partial charge in [-0.15, -0.1) is 0 Å². The minimum Gasteiger partial charge on any atom is -0.486 e. The van der Waals surface area contributed by atoms with Crippen LogP contribution < -0.4 is 9.04 Å². The number of hydrogen-bond donors (Lipinski definition) is 1. The monoisotopic (exact) mass is 603 g/mol. The van der Waals surface area contributed by atoms with Crippen LogP contribution in [0.5, 0.6) is 5.75 Å². The molecule has 1 heterocycles. The van der Waals surface area contributed by atoms with Crippen molar-refractivity contribution in [3.63, 3.8) is 0 Å². The van der Waals surface area contributed by atoms with Crippen LogP contribution in [0.25, 0.3) is 12.2 Å². The van der Waals surface area contributed by atoms with E-state index < -0.39 is 44.5 Å². The second kappa shape index (κ2) is 11.1. The van der Waals surface area contributed by atoms with E-state index >= 15 is 0 Å². The molecule has 0 fully saturated rings. The number of carboxylic acid groups (broad SMARTS) is 1. The van der Waals surface area contributed by atoms with Crippen LogP contribution >= 0.6 is 23.2 Å². The summed E-state index contributed by atoms with van der Waals surface area (Å²) in [5, 5.41) is 9.15. The van der Waals surface area contributed by atoms with E-state index in [0.29, 0.717) is 17.2 Å². The highest BCUT2D eigenvalue weighted by molar-refractivity contribution is 7.92. The van der Waals surface area contributed by atoms with E-state index in [1.165, 1.54) is 24.3 Å². The molecule has 3 aromatic rings. The topological polar surface area (TPSA) is 83.9 Å². The molecule has 1 atom stereocenters. The van der Waals surface area contributed by atoms with Gasteiger partial charge in [-0.25, -0.2) is 12.8 Å². The summed E-state index contributed by atoms with van der Waals surface area (Å²) in [6.45, 7) is -0.332. The molecule has 0 bridgehead atoms. The van der Waals surface area contributed by atoms with Gasteiger partial charge in [0.1, 0.15) is 17.7 Å². The summed E-state index contributed by atoms with van der Waals surface area (Å²) in [4.78, 5) is 10.5. The van der Waals surface area contributed by atoms with Gasteiger partial charge in [-0.1, -0.05) is 47.5 Å². The lowest BCUT2D eigenvalue weighted by Gasteiger charge is -2.35. The second-order valence-corrected chi connectivity index (χ2v) is 11.3. The lowest BCUT2D eigenvalue weighted by Crippen LogP contribution is -2.43. The molecule has 6 nitrogen and oxygen atoms in total. The second-order valence-electron chi connectivity index (χ2n) is 8.58. The normalized spacial score (nSPS) is 15.7. The van der Waals surface area contributed by atoms with Gasteiger partial charge in [0.15, 0.2) is 0 Å². The van der Waals surface area contributed by atoms with Crippen molar-refractivity contribution in [2.24, 2.45) is 0 Å². The Hall–Kier alpha value is -3.28. The van der Waals surface area contributed by atoms with E-state index in [0.717, 1.165) is 34.6 Å². The molecule has 206 valence electrons. The Labute approximate surface area is 231 Å². The number of sulfonamides is 1. The number of carboxylic acids is 1. The Bertz CT molecular complexity index is 1540. The molecule has 0 saturated carbocycles. The SMILES string of the molecule is O=C(O)CC[C@H]1CN(S(=O)(=O)c2cccc(C(F)(F)F)c2)c2cc(/C=C/c3c(Cl)cc(F)cc3Cl)ccc2O1. The van der Waals surface area contributed by atoms with Crippen LogP contribution in [0.1, 0.15) is 29.5 Å². The van der Waals surface area contributed by atoms with Crippen LogP contribution in [0.15, 0.2) is 59.5 Å². The van der Waals surface area contributed by atoms with Gasteiger partial charge in [-0.3, -0.25) is 9.10 Å². The Morgan fingerprint density at radius 3 is 2.41 bits per heavy atom. The minimum atomic E-state index is -4.76. The van der Waals surface area contributed by atoms with E-state index in [-0.39, 0.29) is 40.9 Å². The summed E-state index contributed by atoms with van der Waals surface area (Å²) in [5.41, 5.74) is -0.334. The van der Waals surface area contributed by atoms with Gasteiger partial charge < -0.3 is 9.84 Å². The standard InChI is InChI=1S/C26H19Cl2F4NO5S/c27-21-12-17(29)13-22(28)20(21)7-4-15-5-8-24-23(10-15)33(14-18(38-24)6-9-25(34)35)39(36,37)19-3-1-2-16(11-19)26(30,31)32/h1-5,7-8,10-13,18H,6,9,14H2,(H,34,35)/b7-4+/t18-/m0/s1. The molecule has 3 aromatic carbocycles. The summed E-state index contributed by atoms with van der Waals surface area (Å²) in [7, 11) is -4.53. The Morgan fingerprint density at radius 1 is 1.08 bits per heavy atom. The van der Waals surface area contributed by atoms with E-state index in [4.69, 9.17) is 33.0 Å². The number of fused-ring (bicyclic) bond motifs is 1. The van der Waals surface area contributed by atoms with Gasteiger partial charge in [-0.05, 0) is 54.4 Å². The van der Waals surface area contributed by atoms with Crippen LogP contribution in [0, 0.1) is 5.82 Å². The summed E-state index contributed by atoms with van der Waals surface area (Å²) in [5.74, 6) is -1.64. The predicted molar refractivity (Wildman–Crippen MR) is 139 cm³/mol. The van der Waals surface area contributed by atoms with E-state index in [2.05, 4.69) is 0 Å². The van der Waals surface area contributed by atoms with Gasteiger partial charge in [-0.2, -0.15) is 13.2 Å². The summed E-state index contributed by atoms with van der Waals surface area (Å²) in [6, 6.07) is 9.98. The number of anilines is 1. The van der Waals surface area contributed by atoms with Crippen molar-refractivity contribution in [2.75, 3.05) is 10.8 Å². The molecule has 0 aliphatic carbocycles. The average molecular weight is 604 g/mol. The Kier molecular flexibility index (Phi) is 8.15. The lowest BCUT2D eigenvalue weighted by atomic mass is 10.1. The molecule has 39 heavy (non-hydrogen) atoms. The van der Waals surface area contributed by atoms with Crippen molar-refractivity contribution in [3.8, 4) is 5.75 Å². The average Bonchev–Trinajstić information content (AvgIpc) is 2.85. The molecule has 0 radical (unpaired) electrons. The van der Waals surface area contributed by atoms with Crippen molar-refractivity contribution >= 4 is 57.0 Å². The fourth-order valence-electron chi connectivity index (χ4n) is 3.95. The molecular formula is C26H19Cl2F4NO5S. The number of alkyl halides is 3. The summed E-state index contributed by atoms with van der Waals surface area (Å²) >= 11 is 12.1. The first-order valence-electron chi connectivity index (χ1n) is 11.3. The largest absolute Gasteiger partial charge is 0.486 e. The van der Waals surface area contributed by atoms with Gasteiger partial charge in [0.05, 0.1) is 32.7 Å². The van der Waals surface area contributed by atoms with E-state index in [1.807, 2.05) is 0 Å². The van der Waals surface area contributed by atoms with E-state index in [1.54, 1.807) is 6.07 Å². The molecular weight excluding hydrogens is 585 g/mol. The number of aliphatic carboxylic acids is 1. The molecule has 0 unspecified atom stereocenters. The maximum atomic E-state index is 13.6. The number of carbonyl (C=O) groups is 1. The summed E-state index contributed by atoms with van der Waals surface area (Å²) < 4.78 is 87.4. The molecule has 0 amide bonds. The maximum Gasteiger partial charge on any atom is 0.416 e. The quantitative estimate of drug-likeness (QED) is 0.229. The van der Waals surface area contributed by atoms with Crippen molar-refractivity contribution in [1.29, 1.82) is 0 Å². The number of ether oxygens (including phenoxy) is 1. The summed E-state index contributed by atoms with van der Waals surface area (Å²) in [6.07, 6.45) is -2.94. The Morgan fingerprint density at radius 2 is 1.77 bits per heavy atom. The van der Waals surface area contributed by atoms with Crippen molar-refractivity contribution < 1.29 is 40.6 Å². The lowest BCUT2D eigenvalue weighted by molar-refractivity contribution is -0.138. The van der Waals surface area contributed by atoms with E-state index in [9.17, 15) is 30.8 Å². The van der Waals surface area contributed by atoms with Gasteiger partial charge in [0, 0.05) is 12.0 Å². The molecule has 0 spiro atoms. The van der Waals surface area contributed by atoms with Crippen LogP contribution in [0.2, 0.25) is 10.0 Å². The van der Waals surface area contributed by atoms with Crippen molar-refractivity contribution in [2.45, 2.75) is 30.0 Å². The number of benzene rings is 3. The molecule has 1 N–H and O–H groups in total. The zero-order valence-corrected chi connectivity index (χ0v) is 22.1. The van der Waals surface area contributed by atoms with Crippen LogP contribution in [-0.2, 0) is 21.0 Å². The zero-order chi connectivity index (χ0) is 28.5. The highest BCUT2D eigenvalue weighted by Gasteiger charge is 2.37. The first-order valence-corrected chi connectivity index (χ1v) is 13.5. The van der Waals surface area contributed by atoms with Gasteiger partial charge in [0.2, 0.25) is 0 Å². The third kappa shape index (κ3) is 6.48. The molecule has 0 saturated heterocycles. The van der Waals surface area contributed by atoms with Crippen LogP contribution in [0.3, 0.4) is 0 Å².